The van der Waals surface area contributed by atoms with Crippen molar-refractivity contribution in [2.75, 3.05) is 85.1 Å². The van der Waals surface area contributed by atoms with Crippen molar-refractivity contribution in [3.8, 4) is 0 Å². The summed E-state index contributed by atoms with van der Waals surface area (Å²) < 4.78 is 18.6. The molecule has 0 aliphatic carbocycles. The van der Waals surface area contributed by atoms with Crippen LogP contribution in [0.15, 0.2) is 30.3 Å². The molecular formula is C50H78GaN9O18. The number of benzene rings is 1. The van der Waals surface area contributed by atoms with E-state index in [0.29, 0.717) is 123 Å². The number of hydrogen-bond acceptors (Lipinski definition) is 18. The fourth-order valence-corrected chi connectivity index (χ4v) is 11.6. The number of nitrogens with zero attached hydrogens (tertiary/aromatic N) is 4. The Morgan fingerprint density at radius 1 is 0.577 bits per heavy atom. The second-order valence-corrected chi connectivity index (χ2v) is 22.9. The van der Waals surface area contributed by atoms with Crippen molar-refractivity contribution in [3.05, 3.63) is 35.9 Å². The summed E-state index contributed by atoms with van der Waals surface area (Å²) in [6.45, 7) is 7.84. The van der Waals surface area contributed by atoms with E-state index in [9.17, 15) is 57.8 Å². The summed E-state index contributed by atoms with van der Waals surface area (Å²) in [5.41, 5.74) is 0.830. The minimum absolute atomic E-state index is 0.0212. The predicted molar refractivity (Wildman–Crippen MR) is 278 cm³/mol. The summed E-state index contributed by atoms with van der Waals surface area (Å²) in [7, 11) is 0. The zero-order chi connectivity index (χ0) is 57.2. The van der Waals surface area contributed by atoms with Crippen LogP contribution >= 0.6 is 0 Å². The molecule has 6 atom stereocenters. The molecule has 4 heterocycles. The van der Waals surface area contributed by atoms with Gasteiger partial charge in [0, 0.05) is 38.8 Å². The molecule has 0 saturated carbocycles. The molecular weight excluding hydrogens is 1080 g/mol. The topological polar surface area (TPSA) is 369 Å². The third kappa shape index (κ3) is 28.9. The molecule has 4 aliphatic heterocycles. The molecule has 4 unspecified atom stereocenters. The van der Waals surface area contributed by atoms with Crippen LogP contribution in [0.3, 0.4) is 0 Å². The molecule has 9 N–H and O–H groups in total. The molecule has 4 aliphatic rings. The second kappa shape index (κ2) is 37.5. The molecule has 0 radical (unpaired) electrons. The normalized spacial score (nSPS) is 18.6. The number of carbonyl (C=O) groups is 11. The van der Waals surface area contributed by atoms with Crippen molar-refractivity contribution >= 4 is 82.7 Å². The molecule has 0 spiro atoms. The zero-order valence-corrected chi connectivity index (χ0v) is 46.9. The van der Waals surface area contributed by atoms with Gasteiger partial charge in [0.15, 0.2) is 0 Å². The number of amides is 5. The van der Waals surface area contributed by atoms with Crippen LogP contribution in [0.2, 0.25) is 0 Å². The first-order valence-corrected chi connectivity index (χ1v) is 29.7. The van der Waals surface area contributed by atoms with Gasteiger partial charge >= 0.3 is 182 Å². The summed E-state index contributed by atoms with van der Waals surface area (Å²) >= 11 is -3.21. The van der Waals surface area contributed by atoms with Gasteiger partial charge in [0.1, 0.15) is 24.7 Å². The molecule has 4 fully saturated rings. The number of urea groups is 1. The maximum atomic E-state index is 12.8. The third-order valence-electron chi connectivity index (χ3n) is 12.8. The maximum absolute atomic E-state index is 12.8. The van der Waals surface area contributed by atoms with E-state index >= 15 is 0 Å². The molecule has 5 amide bonds. The van der Waals surface area contributed by atoms with E-state index in [2.05, 4.69) is 26.6 Å². The van der Waals surface area contributed by atoms with E-state index < -0.39 is 77.6 Å². The summed E-state index contributed by atoms with van der Waals surface area (Å²) in [4.78, 5) is 136. The third-order valence-corrected chi connectivity index (χ3v) is 17.0. The quantitative estimate of drug-likeness (QED) is 0.0268. The SMILES string of the molecule is CCC(=O)NCCCC[C@H](NC(=O)CCCCCCC(=O)NCCCC[C@H](NC(=O)NC(CCC(=O)O)C(=O)O)C(=O)O)C(=O)OCc1ccccc1.O=C(O)CN1CCN2CCN3CC[N](CC1)[68Ga]([O]C(=O)C2)[O]C(=O)C3. The molecule has 78 heavy (non-hydrogen) atoms. The van der Waals surface area contributed by atoms with Gasteiger partial charge in [-0.3, -0.25) is 19.2 Å². The van der Waals surface area contributed by atoms with Gasteiger partial charge < -0.3 is 46.6 Å². The Kier molecular flexibility index (Phi) is 31.7. The van der Waals surface area contributed by atoms with Crippen LogP contribution in [0.5, 0.6) is 0 Å². The van der Waals surface area contributed by atoms with Gasteiger partial charge in [-0.05, 0) is 63.4 Å². The van der Waals surface area contributed by atoms with E-state index in [4.69, 9.17) is 27.1 Å². The van der Waals surface area contributed by atoms with E-state index in [1.807, 2.05) is 48.6 Å². The number of aliphatic carboxylic acids is 4. The summed E-state index contributed by atoms with van der Waals surface area (Å²) in [6.07, 6.45) is 5.00. The summed E-state index contributed by atoms with van der Waals surface area (Å²) in [5, 5.41) is 49.0. The first-order valence-electron chi connectivity index (χ1n) is 26.6. The van der Waals surface area contributed by atoms with Gasteiger partial charge in [-0.15, -0.1) is 0 Å². The molecule has 1 aromatic rings. The van der Waals surface area contributed by atoms with Crippen molar-refractivity contribution in [2.24, 2.45) is 0 Å². The van der Waals surface area contributed by atoms with Gasteiger partial charge in [0.05, 0.1) is 0 Å². The van der Waals surface area contributed by atoms with E-state index in [1.165, 1.54) is 0 Å². The van der Waals surface area contributed by atoms with Crippen LogP contribution in [-0.4, -0.2) is 225 Å². The predicted octanol–water partition coefficient (Wildman–Crippen LogP) is -0.000300. The molecule has 0 aromatic heterocycles. The van der Waals surface area contributed by atoms with Crippen LogP contribution in [0.4, 0.5) is 4.79 Å². The number of nitrogens with one attached hydrogen (secondary N) is 5. The van der Waals surface area contributed by atoms with Gasteiger partial charge in [-0.2, -0.15) is 0 Å². The Balaban J connectivity index is 0.000000526. The molecule has 1 aromatic carbocycles. The van der Waals surface area contributed by atoms with Crippen LogP contribution in [0.25, 0.3) is 0 Å². The Morgan fingerprint density at radius 2 is 1.09 bits per heavy atom. The number of esters is 1. The molecule has 4 saturated heterocycles. The van der Waals surface area contributed by atoms with E-state index in [-0.39, 0.29) is 88.1 Å². The van der Waals surface area contributed by atoms with Gasteiger partial charge in [0.2, 0.25) is 17.7 Å². The summed E-state index contributed by atoms with van der Waals surface area (Å²) in [5.74, 6) is -6.60. The van der Waals surface area contributed by atoms with Gasteiger partial charge in [-0.25, -0.2) is 19.2 Å². The number of rotatable bonds is 31. The number of carboxylic acid groups (broad SMARTS) is 4. The molecule has 27 nitrogen and oxygen atoms in total. The van der Waals surface area contributed by atoms with E-state index in [0.717, 1.165) is 5.56 Å². The Morgan fingerprint density at radius 3 is 1.65 bits per heavy atom. The number of carbonyl (C=O) groups excluding carboxylic acids is 7. The average molecular weight is 1160 g/mol. The number of carboxylic acids is 4. The number of hydrogen-bond donors (Lipinski definition) is 9. The fraction of sp³-hybridized carbons (Fsp3) is 0.660. The first kappa shape index (κ1) is 65.9. The van der Waals surface area contributed by atoms with Crippen molar-refractivity contribution < 1.29 is 85.0 Å². The molecule has 28 heteroatoms. The Bertz CT molecular complexity index is 2130. The Hall–Kier alpha value is -6.33. The minimum atomic E-state index is -3.21. The second-order valence-electron chi connectivity index (χ2n) is 19.0. The van der Waals surface area contributed by atoms with Crippen molar-refractivity contribution in [2.45, 2.75) is 128 Å². The average Bonchev–Trinajstić information content (AvgIpc) is 3.45. The monoisotopic (exact) mass is 1160 g/mol. The van der Waals surface area contributed by atoms with E-state index in [1.54, 1.807) is 6.92 Å². The first-order chi connectivity index (χ1) is 37.3. The molecule has 434 valence electrons. The fourth-order valence-electron chi connectivity index (χ4n) is 8.29. The van der Waals surface area contributed by atoms with Crippen LogP contribution in [-0.2, 0) is 66.3 Å². The van der Waals surface area contributed by atoms with Crippen LogP contribution in [0, 0.1) is 0 Å². The van der Waals surface area contributed by atoms with Crippen molar-refractivity contribution in [1.29, 1.82) is 0 Å². The zero-order valence-electron chi connectivity index (χ0n) is 44.5. The summed E-state index contributed by atoms with van der Waals surface area (Å²) in [6, 6.07) is 4.55. The van der Waals surface area contributed by atoms with Crippen LogP contribution < -0.4 is 26.6 Å². The van der Waals surface area contributed by atoms with Crippen LogP contribution in [0.1, 0.15) is 109 Å². The Labute approximate surface area is 459 Å². The number of fused-ring (bicyclic) bond motifs is 4. The van der Waals surface area contributed by atoms with Crippen molar-refractivity contribution in [1.82, 2.24) is 44.9 Å². The molecule has 4 bridgehead atoms. The van der Waals surface area contributed by atoms with Gasteiger partial charge in [0.25, 0.3) is 0 Å². The van der Waals surface area contributed by atoms with Gasteiger partial charge in [-0.1, -0.05) is 50.1 Å². The number of ether oxygens (including phenoxy) is 1. The molecule has 5 rings (SSSR count). The number of unbranched alkanes of at least 4 members (excludes halogenated alkanes) is 5. The van der Waals surface area contributed by atoms with Crippen molar-refractivity contribution in [3.63, 3.8) is 0 Å². The standard InChI is InChI=1S/C36H55N5O12.C14H25N4O6.Ga/c1-2-29(42)37-22-13-11-17-28(35(51)53-24-25-14-6-5-7-15-25)39-31(44)19-9-4-3-8-18-30(43)38-23-12-10-16-26(33(47)48)40-36(52)41-27(34(49)50)20-21-32(45)46;19-12(20)9-16-3-1-15-2-4-17(10-13(21)22)6-8-18(7-5-16)11-14(23)24;/h5-7,14-15,26-28H,2-4,8-13,16-24H2,1H3,(H,37,42)(H,38,43)(H,39,44)(H,45,46)(H,47,48)(H,49,50)(H2,40,41,52);1-11H2,(H,19,20)(H,21,22)(H,23,24);/q;-1;+3/p-2/t26-,27?,28-;;/m0../s1/i;;1-2.